The van der Waals surface area contributed by atoms with Crippen LogP contribution in [0.3, 0.4) is 0 Å². The number of benzene rings is 1. The van der Waals surface area contributed by atoms with E-state index in [4.69, 9.17) is 0 Å². The lowest BCUT2D eigenvalue weighted by Gasteiger charge is -2.34. The van der Waals surface area contributed by atoms with E-state index in [1.165, 1.54) is 18.3 Å². The zero-order chi connectivity index (χ0) is 27.4. The summed E-state index contributed by atoms with van der Waals surface area (Å²) in [4.78, 5) is 25.4. The van der Waals surface area contributed by atoms with Crippen molar-refractivity contribution in [2.24, 2.45) is 0 Å². The lowest BCUT2D eigenvalue weighted by molar-refractivity contribution is -0.138. The van der Waals surface area contributed by atoms with Gasteiger partial charge < -0.3 is 10.2 Å². The molecule has 8 nitrogen and oxygen atoms in total. The lowest BCUT2D eigenvalue weighted by atomic mass is 10.0. The third-order valence-electron chi connectivity index (χ3n) is 6.68. The van der Waals surface area contributed by atoms with E-state index < -0.39 is 17.6 Å². The minimum absolute atomic E-state index is 0.0999. The highest BCUT2D eigenvalue weighted by Gasteiger charge is 2.34. The third kappa shape index (κ3) is 6.25. The molecule has 0 saturated carbocycles. The Kier molecular flexibility index (Phi) is 7.58. The van der Waals surface area contributed by atoms with Crippen LogP contribution in [0.25, 0.3) is 10.9 Å². The molecule has 1 aliphatic rings. The maximum absolute atomic E-state index is 13.9. The Labute approximate surface area is 223 Å². The molecule has 0 aliphatic carbocycles. The molecule has 1 aliphatic heterocycles. The Morgan fingerprint density at radius 3 is 2.62 bits per heavy atom. The second-order valence-electron chi connectivity index (χ2n) is 9.24. The summed E-state index contributed by atoms with van der Waals surface area (Å²) < 4.78 is 41.8. The molecule has 39 heavy (non-hydrogen) atoms. The van der Waals surface area contributed by atoms with Crippen LogP contribution in [-0.4, -0.2) is 68.6 Å². The highest BCUT2D eigenvalue weighted by Crippen LogP contribution is 2.33. The molecule has 11 heteroatoms. The van der Waals surface area contributed by atoms with Crippen LogP contribution in [0.5, 0.6) is 0 Å². The minimum atomic E-state index is -4.59. The second-order valence-corrected chi connectivity index (χ2v) is 9.24. The zero-order valence-electron chi connectivity index (χ0n) is 21.2. The number of alkyl halides is 3. The molecule has 0 bridgehead atoms. The SMILES string of the molecule is CCN1CCN(Cc2ccc(C(=O)Nc3cc(C#Cc4cncc5cn[nH]c45)ccn3)cc2C(F)(F)F)CC1. The number of aromatic amines is 1. The Hall–Kier alpha value is -4.27. The number of hydrogen-bond acceptors (Lipinski definition) is 6. The van der Waals surface area contributed by atoms with Crippen LogP contribution in [0.1, 0.15) is 39.5 Å². The van der Waals surface area contributed by atoms with Gasteiger partial charge in [0.15, 0.2) is 0 Å². The highest BCUT2D eigenvalue weighted by atomic mass is 19.4. The first kappa shape index (κ1) is 26.3. The summed E-state index contributed by atoms with van der Waals surface area (Å²) in [6.07, 6.45) is 1.82. The first-order chi connectivity index (χ1) is 18.8. The summed E-state index contributed by atoms with van der Waals surface area (Å²) in [5.74, 6) is 5.50. The number of nitrogens with zero attached hydrogens (tertiary/aromatic N) is 5. The van der Waals surface area contributed by atoms with Crippen molar-refractivity contribution in [1.82, 2.24) is 30.0 Å². The van der Waals surface area contributed by atoms with Crippen molar-refractivity contribution in [3.8, 4) is 11.8 Å². The molecule has 0 atom stereocenters. The van der Waals surface area contributed by atoms with Crippen LogP contribution in [0.4, 0.5) is 19.0 Å². The van der Waals surface area contributed by atoms with E-state index in [1.54, 1.807) is 30.7 Å². The number of carbonyl (C=O) groups excluding carboxylic acids is 1. The number of aromatic nitrogens is 4. The molecule has 4 heterocycles. The van der Waals surface area contributed by atoms with Crippen molar-refractivity contribution >= 4 is 22.6 Å². The van der Waals surface area contributed by atoms with E-state index >= 15 is 0 Å². The molecule has 0 unspecified atom stereocenters. The highest BCUT2D eigenvalue weighted by molar-refractivity contribution is 6.04. The van der Waals surface area contributed by atoms with E-state index in [9.17, 15) is 18.0 Å². The second kappa shape index (κ2) is 11.2. The number of piperazine rings is 1. The average Bonchev–Trinajstić information content (AvgIpc) is 3.42. The van der Waals surface area contributed by atoms with Gasteiger partial charge in [-0.05, 0) is 36.4 Å². The summed E-state index contributed by atoms with van der Waals surface area (Å²) in [7, 11) is 0. The van der Waals surface area contributed by atoms with Crippen LogP contribution in [0, 0.1) is 11.8 Å². The van der Waals surface area contributed by atoms with Crippen molar-refractivity contribution in [3.63, 3.8) is 0 Å². The molecule has 2 N–H and O–H groups in total. The minimum Gasteiger partial charge on any atom is -0.307 e. The van der Waals surface area contributed by atoms with Gasteiger partial charge in [0.25, 0.3) is 5.91 Å². The molecule has 1 amide bonds. The lowest BCUT2D eigenvalue weighted by Crippen LogP contribution is -2.45. The van der Waals surface area contributed by atoms with Crippen LogP contribution >= 0.6 is 0 Å². The average molecular weight is 534 g/mol. The molecular weight excluding hydrogens is 507 g/mol. The predicted octanol–water partition coefficient (Wildman–Crippen LogP) is 4.16. The van der Waals surface area contributed by atoms with E-state index in [1.807, 2.05) is 4.90 Å². The van der Waals surface area contributed by atoms with Gasteiger partial charge in [0.2, 0.25) is 0 Å². The number of hydrogen-bond donors (Lipinski definition) is 2. The summed E-state index contributed by atoms with van der Waals surface area (Å²) >= 11 is 0. The smallest absolute Gasteiger partial charge is 0.307 e. The number of likely N-dealkylation sites (N-methyl/N-ethyl adjacent to an activating group) is 1. The van der Waals surface area contributed by atoms with E-state index in [-0.39, 0.29) is 23.5 Å². The van der Waals surface area contributed by atoms with Crippen molar-refractivity contribution in [2.75, 3.05) is 38.0 Å². The number of anilines is 1. The number of pyridine rings is 2. The Bertz CT molecular complexity index is 1550. The van der Waals surface area contributed by atoms with Crippen LogP contribution < -0.4 is 5.32 Å². The van der Waals surface area contributed by atoms with Gasteiger partial charge in [0.05, 0.1) is 22.8 Å². The fraction of sp³-hybridized carbons (Fsp3) is 0.286. The van der Waals surface area contributed by atoms with Crippen molar-refractivity contribution in [2.45, 2.75) is 19.6 Å². The molecule has 1 saturated heterocycles. The maximum atomic E-state index is 13.9. The molecular formula is C28H26F3N7O. The van der Waals surface area contributed by atoms with Crippen LogP contribution in [0.2, 0.25) is 0 Å². The van der Waals surface area contributed by atoms with Gasteiger partial charge in [-0.25, -0.2) is 4.98 Å². The molecule has 200 valence electrons. The molecule has 5 rings (SSSR count). The Morgan fingerprint density at radius 1 is 1.05 bits per heavy atom. The summed E-state index contributed by atoms with van der Waals surface area (Å²) in [5, 5.41) is 10.3. The first-order valence-electron chi connectivity index (χ1n) is 12.5. The zero-order valence-corrected chi connectivity index (χ0v) is 21.2. The molecule has 3 aromatic heterocycles. The molecule has 4 aromatic rings. The third-order valence-corrected chi connectivity index (χ3v) is 6.68. The summed E-state index contributed by atoms with van der Waals surface area (Å²) in [5.41, 5.74) is 1.22. The number of H-pyrrole nitrogens is 1. The summed E-state index contributed by atoms with van der Waals surface area (Å²) in [6, 6.07) is 6.95. The number of amides is 1. The molecule has 1 aromatic carbocycles. The van der Waals surface area contributed by atoms with Gasteiger partial charge in [0, 0.05) is 67.8 Å². The van der Waals surface area contributed by atoms with Gasteiger partial charge in [-0.2, -0.15) is 18.3 Å². The van der Waals surface area contributed by atoms with Crippen molar-refractivity contribution < 1.29 is 18.0 Å². The van der Waals surface area contributed by atoms with E-state index in [0.29, 0.717) is 24.2 Å². The summed E-state index contributed by atoms with van der Waals surface area (Å²) in [6.45, 7) is 6.22. The standard InChI is InChI=1S/C28H26F3N7O/c1-2-37-9-11-38(12-10-37)18-22-6-5-20(14-24(22)28(29,30)31)27(39)35-25-13-19(7-8-33-25)3-4-21-15-32-16-23-17-34-36-26(21)23/h5-8,13-17H,2,9-12,18H2,1H3,(H,34,36)(H,33,35,39). The number of carbonyl (C=O) groups is 1. The largest absolute Gasteiger partial charge is 0.416 e. The van der Waals surface area contributed by atoms with Gasteiger partial charge >= 0.3 is 6.18 Å². The van der Waals surface area contributed by atoms with Gasteiger partial charge in [-0.15, -0.1) is 0 Å². The number of halogens is 3. The topological polar surface area (TPSA) is 90.0 Å². The number of rotatable bonds is 5. The van der Waals surface area contributed by atoms with Crippen LogP contribution in [0.15, 0.2) is 55.1 Å². The fourth-order valence-electron chi connectivity index (χ4n) is 4.49. The van der Waals surface area contributed by atoms with Crippen LogP contribution in [-0.2, 0) is 12.7 Å². The quantitative estimate of drug-likeness (QED) is 0.375. The van der Waals surface area contributed by atoms with E-state index in [0.717, 1.165) is 36.6 Å². The fourth-order valence-corrected chi connectivity index (χ4v) is 4.49. The normalized spacial score (nSPS) is 14.7. The Balaban J connectivity index is 1.31. The maximum Gasteiger partial charge on any atom is 0.416 e. The number of nitrogens with one attached hydrogen (secondary N) is 2. The van der Waals surface area contributed by atoms with Gasteiger partial charge in [0.1, 0.15) is 5.82 Å². The monoisotopic (exact) mass is 533 g/mol. The Morgan fingerprint density at radius 2 is 1.85 bits per heavy atom. The molecule has 0 spiro atoms. The van der Waals surface area contributed by atoms with Crippen molar-refractivity contribution in [3.05, 3.63) is 82.9 Å². The van der Waals surface area contributed by atoms with Gasteiger partial charge in [-0.1, -0.05) is 24.8 Å². The van der Waals surface area contributed by atoms with E-state index in [2.05, 4.69) is 49.1 Å². The molecule has 1 fully saturated rings. The molecule has 0 radical (unpaired) electrons. The predicted molar refractivity (Wildman–Crippen MR) is 141 cm³/mol. The first-order valence-corrected chi connectivity index (χ1v) is 12.5. The van der Waals surface area contributed by atoms with Gasteiger partial charge in [-0.3, -0.25) is 19.8 Å². The van der Waals surface area contributed by atoms with Crippen molar-refractivity contribution in [1.29, 1.82) is 0 Å². The number of fused-ring (bicyclic) bond motifs is 1.